The van der Waals surface area contributed by atoms with Crippen LogP contribution in [-0.4, -0.2) is 18.5 Å². The number of allylic oxidation sites excluding steroid dienone is 2. The molecule has 0 amide bonds. The van der Waals surface area contributed by atoms with E-state index in [2.05, 4.69) is 16.6 Å². The zero-order valence-corrected chi connectivity index (χ0v) is 9.13. The normalized spacial score (nSPS) is 15.4. The first-order chi connectivity index (χ1) is 8.24. The minimum Gasteiger partial charge on any atom is -0.390 e. The highest BCUT2D eigenvalue weighted by molar-refractivity contribution is 6.16. The molecule has 0 radical (unpaired) electrons. The second-order valence-electron chi connectivity index (χ2n) is 3.47. The van der Waals surface area contributed by atoms with Crippen molar-refractivity contribution >= 4 is 24.2 Å². The molecule has 84 valence electrons. The van der Waals surface area contributed by atoms with Crippen molar-refractivity contribution in [3.05, 3.63) is 53.6 Å². The van der Waals surface area contributed by atoms with Crippen LogP contribution in [0.4, 0.5) is 0 Å². The molecular weight excluding hydrogens is 214 g/mol. The molecule has 2 rings (SSSR count). The van der Waals surface area contributed by atoms with E-state index in [1.54, 1.807) is 12.1 Å². The molecule has 0 heterocycles. The van der Waals surface area contributed by atoms with Gasteiger partial charge >= 0.3 is 0 Å². The van der Waals surface area contributed by atoms with Crippen LogP contribution in [0.15, 0.2) is 52.5 Å². The molecule has 4 heteroatoms. The summed E-state index contributed by atoms with van der Waals surface area (Å²) in [7, 11) is 0. The Bertz CT molecular complexity index is 568. The van der Waals surface area contributed by atoms with Crippen molar-refractivity contribution < 1.29 is 4.79 Å². The summed E-state index contributed by atoms with van der Waals surface area (Å²) in [5, 5.41) is 0. The molecule has 0 fully saturated rings. The molecular formula is C13H11N3O. The molecule has 0 bridgehead atoms. The minimum atomic E-state index is -0.0677. The van der Waals surface area contributed by atoms with E-state index in [1.165, 1.54) is 6.34 Å². The van der Waals surface area contributed by atoms with Crippen molar-refractivity contribution in [2.75, 3.05) is 0 Å². The van der Waals surface area contributed by atoms with Gasteiger partial charge in [0.05, 0.1) is 12.0 Å². The van der Waals surface area contributed by atoms with Gasteiger partial charge in [-0.2, -0.15) is 0 Å². The van der Waals surface area contributed by atoms with Gasteiger partial charge in [0.15, 0.2) is 5.78 Å². The fourth-order valence-corrected chi connectivity index (χ4v) is 1.63. The average molecular weight is 225 g/mol. The number of nitrogens with zero attached hydrogens (tertiary/aromatic N) is 2. The molecule has 1 aliphatic rings. The minimum absolute atomic E-state index is 0.0677. The summed E-state index contributed by atoms with van der Waals surface area (Å²) in [5.41, 5.74) is 7.60. The van der Waals surface area contributed by atoms with Gasteiger partial charge in [-0.15, -0.1) is 0 Å². The Balaban J connectivity index is 2.50. The second-order valence-corrected chi connectivity index (χ2v) is 3.47. The van der Waals surface area contributed by atoms with E-state index in [0.29, 0.717) is 16.8 Å². The number of aliphatic imine (C=N–C) groups is 2. The van der Waals surface area contributed by atoms with Crippen LogP contribution in [0.2, 0.25) is 0 Å². The van der Waals surface area contributed by atoms with Gasteiger partial charge in [0.2, 0.25) is 0 Å². The zero-order chi connectivity index (χ0) is 12.3. The number of Topliss-reactive ketones (excluding diaryl/α,β-unsaturated/α-hetero) is 1. The number of rotatable bonds is 2. The maximum Gasteiger partial charge on any atom is 0.193 e. The fraction of sp³-hybridized carbons (Fsp3) is 0. The van der Waals surface area contributed by atoms with Crippen LogP contribution < -0.4 is 5.73 Å². The summed E-state index contributed by atoms with van der Waals surface area (Å²) in [5.74, 6) is -0.0677. The van der Waals surface area contributed by atoms with E-state index in [0.717, 1.165) is 11.9 Å². The summed E-state index contributed by atoms with van der Waals surface area (Å²) in [4.78, 5) is 19.7. The number of fused-ring (bicyclic) bond motifs is 1. The van der Waals surface area contributed by atoms with Gasteiger partial charge in [0.25, 0.3) is 0 Å². The van der Waals surface area contributed by atoms with Crippen LogP contribution in [0.25, 0.3) is 5.70 Å². The van der Waals surface area contributed by atoms with Gasteiger partial charge in [-0.1, -0.05) is 30.8 Å². The van der Waals surface area contributed by atoms with Gasteiger partial charge in [0, 0.05) is 16.7 Å². The Morgan fingerprint density at radius 3 is 2.65 bits per heavy atom. The van der Waals surface area contributed by atoms with Crippen LogP contribution in [0.3, 0.4) is 0 Å². The number of ketones is 1. The van der Waals surface area contributed by atoms with Crippen LogP contribution in [0, 0.1) is 0 Å². The lowest BCUT2D eigenvalue weighted by atomic mass is 9.91. The van der Waals surface area contributed by atoms with E-state index in [9.17, 15) is 4.79 Å². The highest BCUT2D eigenvalue weighted by Gasteiger charge is 2.20. The number of hydrogen-bond donors (Lipinski definition) is 1. The second kappa shape index (κ2) is 4.57. The summed E-state index contributed by atoms with van der Waals surface area (Å²) in [6, 6.07) is 7.27. The molecule has 0 saturated carbocycles. The molecule has 0 aromatic heterocycles. The summed E-state index contributed by atoms with van der Waals surface area (Å²) in [6.07, 6.45) is 4.14. The zero-order valence-electron chi connectivity index (χ0n) is 9.13. The predicted molar refractivity (Wildman–Crippen MR) is 69.1 cm³/mol. The van der Waals surface area contributed by atoms with Crippen LogP contribution in [0.5, 0.6) is 0 Å². The highest BCUT2D eigenvalue weighted by Crippen LogP contribution is 2.28. The molecule has 17 heavy (non-hydrogen) atoms. The Hall–Kier alpha value is -2.49. The van der Waals surface area contributed by atoms with Crippen LogP contribution >= 0.6 is 0 Å². The monoisotopic (exact) mass is 225 g/mol. The summed E-state index contributed by atoms with van der Waals surface area (Å²) >= 11 is 0. The Morgan fingerprint density at radius 1 is 1.24 bits per heavy atom. The largest absolute Gasteiger partial charge is 0.390 e. The average Bonchev–Trinajstić information content (AvgIpc) is 2.36. The standard InChI is InChI=1S/C13H11N3O/c1-9-6-12(16-8-15-7-14)10-4-2-3-5-11(10)13(9)17/h2-8H,1H2,(H2,14,15,16). The molecule has 0 aliphatic heterocycles. The van der Waals surface area contributed by atoms with Gasteiger partial charge < -0.3 is 5.73 Å². The predicted octanol–water partition coefficient (Wildman–Crippen LogP) is 1.80. The fourth-order valence-electron chi connectivity index (χ4n) is 1.63. The lowest BCUT2D eigenvalue weighted by molar-refractivity contribution is 0.103. The van der Waals surface area contributed by atoms with Crippen molar-refractivity contribution in [2.45, 2.75) is 0 Å². The van der Waals surface area contributed by atoms with E-state index >= 15 is 0 Å². The quantitative estimate of drug-likeness (QED) is 0.473. The number of carbonyl (C=O) groups excluding carboxylic acids is 1. The highest BCUT2D eigenvalue weighted by atomic mass is 16.1. The smallest absolute Gasteiger partial charge is 0.193 e. The van der Waals surface area contributed by atoms with Gasteiger partial charge in [-0.25, -0.2) is 9.98 Å². The third-order valence-electron chi connectivity index (χ3n) is 2.40. The molecule has 0 unspecified atom stereocenters. The van der Waals surface area contributed by atoms with Gasteiger partial charge in [-0.05, 0) is 6.08 Å². The van der Waals surface area contributed by atoms with E-state index < -0.39 is 0 Å². The molecule has 0 spiro atoms. The molecule has 1 aromatic rings. The molecule has 0 saturated heterocycles. The number of carbonyl (C=O) groups is 1. The van der Waals surface area contributed by atoms with Crippen molar-refractivity contribution in [1.82, 2.24) is 0 Å². The molecule has 0 atom stereocenters. The Morgan fingerprint density at radius 2 is 1.94 bits per heavy atom. The first-order valence-electron chi connectivity index (χ1n) is 5.04. The van der Waals surface area contributed by atoms with Crippen molar-refractivity contribution in [1.29, 1.82) is 0 Å². The Labute approximate surface area is 98.9 Å². The van der Waals surface area contributed by atoms with Gasteiger partial charge in [0.1, 0.15) is 6.34 Å². The van der Waals surface area contributed by atoms with Crippen LogP contribution in [0.1, 0.15) is 15.9 Å². The first-order valence-corrected chi connectivity index (χ1v) is 5.04. The van der Waals surface area contributed by atoms with Gasteiger partial charge in [-0.3, -0.25) is 4.79 Å². The van der Waals surface area contributed by atoms with E-state index in [1.807, 2.05) is 18.2 Å². The molecule has 1 aromatic carbocycles. The first kappa shape index (κ1) is 11.0. The van der Waals surface area contributed by atoms with Crippen molar-refractivity contribution in [2.24, 2.45) is 15.7 Å². The SMILES string of the molecule is C=C1C=C(N=CN=CN)c2ccccc2C1=O. The maximum absolute atomic E-state index is 11.8. The third-order valence-corrected chi connectivity index (χ3v) is 2.40. The lowest BCUT2D eigenvalue weighted by Gasteiger charge is -2.14. The molecule has 2 N–H and O–H groups in total. The number of nitrogens with two attached hydrogens (primary N) is 1. The molecule has 4 nitrogen and oxygen atoms in total. The van der Waals surface area contributed by atoms with Crippen molar-refractivity contribution in [3.8, 4) is 0 Å². The van der Waals surface area contributed by atoms with Crippen molar-refractivity contribution in [3.63, 3.8) is 0 Å². The van der Waals surface area contributed by atoms with Crippen LogP contribution in [-0.2, 0) is 0 Å². The topological polar surface area (TPSA) is 67.8 Å². The maximum atomic E-state index is 11.8. The summed E-state index contributed by atoms with van der Waals surface area (Å²) in [6.45, 7) is 3.71. The summed E-state index contributed by atoms with van der Waals surface area (Å²) < 4.78 is 0. The lowest BCUT2D eigenvalue weighted by Crippen LogP contribution is -2.09. The number of benzene rings is 1. The van der Waals surface area contributed by atoms with E-state index in [-0.39, 0.29) is 5.78 Å². The molecule has 1 aliphatic carbocycles. The number of hydrogen-bond acceptors (Lipinski definition) is 2. The Kier molecular flexibility index (Phi) is 2.96. The van der Waals surface area contributed by atoms with E-state index in [4.69, 9.17) is 5.73 Å². The third kappa shape index (κ3) is 2.06.